The Bertz CT molecular complexity index is 811. The molecule has 26 heavy (non-hydrogen) atoms. The second-order valence-corrected chi connectivity index (χ2v) is 6.49. The molecule has 0 bridgehead atoms. The predicted octanol–water partition coefficient (Wildman–Crippen LogP) is 1.39. The molecule has 1 fully saturated rings. The summed E-state index contributed by atoms with van der Waals surface area (Å²) in [5.41, 5.74) is 0.188. The van der Waals surface area contributed by atoms with Gasteiger partial charge < -0.3 is 15.5 Å². The molecule has 1 aromatic carbocycles. The van der Waals surface area contributed by atoms with Gasteiger partial charge in [-0.15, -0.1) is 0 Å². The Labute approximate surface area is 151 Å². The Morgan fingerprint density at radius 1 is 1.27 bits per heavy atom. The fourth-order valence-corrected chi connectivity index (χ4v) is 3.30. The van der Waals surface area contributed by atoms with Crippen LogP contribution in [0.5, 0.6) is 0 Å². The number of likely N-dealkylation sites (tertiary alicyclic amines) is 1. The number of amides is 2. The van der Waals surface area contributed by atoms with Crippen molar-refractivity contribution >= 4 is 17.5 Å². The van der Waals surface area contributed by atoms with Gasteiger partial charge in [0, 0.05) is 39.1 Å². The van der Waals surface area contributed by atoms with Crippen LogP contribution in [-0.4, -0.2) is 52.2 Å². The third-order valence-corrected chi connectivity index (χ3v) is 4.73. The standard InChI is InChI=1S/C18H22FN5O2/c1-20-17(26)18(22-15-5-3-4-14(19)10-15)6-8-24(9-7-18)16(25)13-11-21-23(2)12-13/h3-5,10-12,22H,6-9H2,1-2H3,(H,20,26). The highest BCUT2D eigenvalue weighted by molar-refractivity contribution is 5.94. The molecule has 0 unspecified atom stereocenters. The maximum absolute atomic E-state index is 13.5. The first kappa shape index (κ1) is 17.9. The molecule has 0 spiro atoms. The molecule has 138 valence electrons. The largest absolute Gasteiger partial charge is 0.371 e. The zero-order valence-electron chi connectivity index (χ0n) is 14.8. The number of carbonyl (C=O) groups is 2. The first-order valence-electron chi connectivity index (χ1n) is 8.47. The topological polar surface area (TPSA) is 79.3 Å². The van der Waals surface area contributed by atoms with Crippen molar-refractivity contribution in [2.45, 2.75) is 18.4 Å². The monoisotopic (exact) mass is 359 g/mol. The number of carbonyl (C=O) groups excluding carboxylic acids is 2. The molecule has 2 heterocycles. The molecule has 1 aliphatic rings. The van der Waals surface area contributed by atoms with Gasteiger partial charge in [0.1, 0.15) is 11.4 Å². The van der Waals surface area contributed by atoms with Crippen molar-refractivity contribution in [2.75, 3.05) is 25.5 Å². The van der Waals surface area contributed by atoms with Crippen molar-refractivity contribution < 1.29 is 14.0 Å². The van der Waals surface area contributed by atoms with Crippen molar-refractivity contribution in [1.82, 2.24) is 20.0 Å². The summed E-state index contributed by atoms with van der Waals surface area (Å²) in [4.78, 5) is 26.8. The van der Waals surface area contributed by atoms with Crippen LogP contribution < -0.4 is 10.6 Å². The number of aromatic nitrogens is 2. The first-order valence-corrected chi connectivity index (χ1v) is 8.47. The van der Waals surface area contributed by atoms with Gasteiger partial charge in [-0.05, 0) is 31.0 Å². The van der Waals surface area contributed by atoms with Crippen molar-refractivity contribution in [3.8, 4) is 0 Å². The van der Waals surface area contributed by atoms with Crippen LogP contribution in [0.1, 0.15) is 23.2 Å². The van der Waals surface area contributed by atoms with Gasteiger partial charge >= 0.3 is 0 Å². The lowest BCUT2D eigenvalue weighted by Gasteiger charge is -2.41. The van der Waals surface area contributed by atoms with Gasteiger partial charge in [0.25, 0.3) is 5.91 Å². The lowest BCUT2D eigenvalue weighted by molar-refractivity contribution is -0.126. The van der Waals surface area contributed by atoms with E-state index in [1.54, 1.807) is 42.0 Å². The van der Waals surface area contributed by atoms with Crippen LogP contribution in [0.25, 0.3) is 0 Å². The molecule has 0 radical (unpaired) electrons. The normalized spacial score (nSPS) is 16.2. The summed E-state index contributed by atoms with van der Waals surface area (Å²) < 4.78 is 15.1. The number of halogens is 1. The molecule has 0 atom stereocenters. The molecule has 7 nitrogen and oxygen atoms in total. The van der Waals surface area contributed by atoms with E-state index in [-0.39, 0.29) is 17.6 Å². The Morgan fingerprint density at radius 3 is 2.58 bits per heavy atom. The van der Waals surface area contributed by atoms with Gasteiger partial charge in [0.05, 0.1) is 11.8 Å². The van der Waals surface area contributed by atoms with Crippen LogP contribution in [-0.2, 0) is 11.8 Å². The molecule has 2 amide bonds. The molecule has 1 saturated heterocycles. The summed E-state index contributed by atoms with van der Waals surface area (Å²) in [5, 5.41) is 9.88. The molecule has 2 aromatic rings. The Morgan fingerprint density at radius 2 is 2.00 bits per heavy atom. The van der Waals surface area contributed by atoms with Crippen molar-refractivity contribution in [2.24, 2.45) is 7.05 Å². The van der Waals surface area contributed by atoms with E-state index in [4.69, 9.17) is 0 Å². The number of likely N-dealkylation sites (N-methyl/N-ethyl adjacent to an activating group) is 1. The molecule has 8 heteroatoms. The summed E-state index contributed by atoms with van der Waals surface area (Å²) >= 11 is 0. The number of hydrogen-bond donors (Lipinski definition) is 2. The maximum atomic E-state index is 13.5. The minimum absolute atomic E-state index is 0.102. The molecule has 0 saturated carbocycles. The molecule has 0 aliphatic carbocycles. The number of anilines is 1. The summed E-state index contributed by atoms with van der Waals surface area (Å²) in [7, 11) is 3.33. The number of nitrogens with zero attached hydrogens (tertiary/aromatic N) is 3. The van der Waals surface area contributed by atoms with E-state index >= 15 is 0 Å². The van der Waals surface area contributed by atoms with E-state index in [9.17, 15) is 14.0 Å². The van der Waals surface area contributed by atoms with Crippen LogP contribution in [0, 0.1) is 5.82 Å². The van der Waals surface area contributed by atoms with E-state index in [2.05, 4.69) is 15.7 Å². The molecule has 2 N–H and O–H groups in total. The van der Waals surface area contributed by atoms with Gasteiger partial charge in [-0.1, -0.05) is 6.07 Å². The molecule has 1 aliphatic heterocycles. The summed E-state index contributed by atoms with van der Waals surface area (Å²) in [5.74, 6) is -0.643. The Balaban J connectivity index is 1.75. The quantitative estimate of drug-likeness (QED) is 0.865. The average molecular weight is 359 g/mol. The fraction of sp³-hybridized carbons (Fsp3) is 0.389. The number of aryl methyl sites for hydroxylation is 1. The van der Waals surface area contributed by atoms with Crippen LogP contribution in [0.2, 0.25) is 0 Å². The third-order valence-electron chi connectivity index (χ3n) is 4.73. The molecule has 1 aromatic heterocycles. The Kier molecular flexibility index (Phi) is 4.92. The summed E-state index contributed by atoms with van der Waals surface area (Å²) in [6, 6.07) is 6.03. The van der Waals surface area contributed by atoms with Crippen LogP contribution >= 0.6 is 0 Å². The summed E-state index contributed by atoms with van der Waals surface area (Å²) in [6.07, 6.45) is 4.06. The summed E-state index contributed by atoms with van der Waals surface area (Å²) in [6.45, 7) is 0.840. The smallest absolute Gasteiger partial charge is 0.257 e. The second kappa shape index (κ2) is 7.15. The van der Waals surface area contributed by atoms with Gasteiger partial charge in [-0.25, -0.2) is 4.39 Å². The van der Waals surface area contributed by atoms with Crippen molar-refractivity contribution in [3.05, 3.63) is 48.0 Å². The van der Waals surface area contributed by atoms with Crippen LogP contribution in [0.4, 0.5) is 10.1 Å². The number of benzene rings is 1. The first-order chi connectivity index (χ1) is 12.4. The van der Waals surface area contributed by atoms with E-state index in [1.807, 2.05) is 0 Å². The predicted molar refractivity (Wildman–Crippen MR) is 95.2 cm³/mol. The second-order valence-electron chi connectivity index (χ2n) is 6.49. The fourth-order valence-electron chi connectivity index (χ4n) is 3.30. The van der Waals surface area contributed by atoms with Gasteiger partial charge in [-0.2, -0.15) is 5.10 Å². The van der Waals surface area contributed by atoms with Crippen molar-refractivity contribution in [1.29, 1.82) is 0 Å². The number of rotatable bonds is 4. The van der Waals surface area contributed by atoms with E-state index in [1.165, 1.54) is 18.3 Å². The highest BCUT2D eigenvalue weighted by atomic mass is 19.1. The highest BCUT2D eigenvalue weighted by Crippen LogP contribution is 2.28. The molecular formula is C18H22FN5O2. The number of piperidine rings is 1. The molecular weight excluding hydrogens is 337 g/mol. The third kappa shape index (κ3) is 3.54. The molecule has 3 rings (SSSR count). The Hall–Kier alpha value is -2.90. The van der Waals surface area contributed by atoms with Gasteiger partial charge in [0.2, 0.25) is 5.91 Å². The minimum Gasteiger partial charge on any atom is -0.371 e. The number of nitrogens with one attached hydrogen (secondary N) is 2. The lowest BCUT2D eigenvalue weighted by Crippen LogP contribution is -2.58. The van der Waals surface area contributed by atoms with E-state index < -0.39 is 5.54 Å². The van der Waals surface area contributed by atoms with Crippen LogP contribution in [0.3, 0.4) is 0 Å². The van der Waals surface area contributed by atoms with Gasteiger partial charge in [0.15, 0.2) is 0 Å². The van der Waals surface area contributed by atoms with E-state index in [0.29, 0.717) is 37.2 Å². The number of hydrogen-bond acceptors (Lipinski definition) is 4. The zero-order valence-corrected chi connectivity index (χ0v) is 14.8. The lowest BCUT2D eigenvalue weighted by atomic mass is 9.85. The van der Waals surface area contributed by atoms with Crippen molar-refractivity contribution in [3.63, 3.8) is 0 Å². The maximum Gasteiger partial charge on any atom is 0.257 e. The van der Waals surface area contributed by atoms with E-state index in [0.717, 1.165) is 0 Å². The van der Waals surface area contributed by atoms with Crippen LogP contribution in [0.15, 0.2) is 36.7 Å². The minimum atomic E-state index is -0.881. The van der Waals surface area contributed by atoms with Gasteiger partial charge in [-0.3, -0.25) is 14.3 Å². The highest BCUT2D eigenvalue weighted by Gasteiger charge is 2.42. The zero-order chi connectivity index (χ0) is 18.7. The SMILES string of the molecule is CNC(=O)C1(Nc2cccc(F)c2)CCN(C(=O)c2cnn(C)c2)CC1. The average Bonchev–Trinajstić information content (AvgIpc) is 3.07.